The fourth-order valence-corrected chi connectivity index (χ4v) is 2.18. The lowest BCUT2D eigenvalue weighted by Crippen LogP contribution is -2.14. The molecule has 6 heteroatoms. The number of nitrogens with zero attached hydrogens (tertiary/aromatic N) is 4. The Hall–Kier alpha value is -2.47. The highest BCUT2D eigenvalue weighted by atomic mass is 15.3. The van der Waals surface area contributed by atoms with Gasteiger partial charge in [0.1, 0.15) is 12.1 Å². The van der Waals surface area contributed by atoms with Crippen LogP contribution in [0.4, 0.5) is 5.82 Å². The Morgan fingerprint density at radius 3 is 2.89 bits per heavy atom. The minimum atomic E-state index is 0.632. The summed E-state index contributed by atoms with van der Waals surface area (Å²) in [6.45, 7) is 2.04. The number of fused-ring (bicyclic) bond motifs is 1. The van der Waals surface area contributed by atoms with Crippen molar-refractivity contribution in [3.63, 3.8) is 0 Å². The molecule has 0 fully saturated rings. The number of nitrogens with two attached hydrogens (primary N) is 1. The third-order valence-electron chi connectivity index (χ3n) is 3.09. The van der Waals surface area contributed by atoms with Gasteiger partial charge < -0.3 is 5.43 Å². The molecule has 0 aliphatic heterocycles. The quantitative estimate of drug-likeness (QED) is 0.548. The minimum Gasteiger partial charge on any atom is -0.308 e. The van der Waals surface area contributed by atoms with Gasteiger partial charge in [0.05, 0.1) is 11.7 Å². The average molecular weight is 254 g/mol. The molecule has 3 aromatic rings. The van der Waals surface area contributed by atoms with Gasteiger partial charge in [0.25, 0.3) is 0 Å². The third kappa shape index (κ3) is 1.82. The van der Waals surface area contributed by atoms with Crippen molar-refractivity contribution in [2.45, 2.75) is 13.3 Å². The van der Waals surface area contributed by atoms with E-state index in [0.29, 0.717) is 5.82 Å². The summed E-state index contributed by atoms with van der Waals surface area (Å²) in [6.07, 6.45) is 4.08. The van der Waals surface area contributed by atoms with Crippen LogP contribution in [-0.4, -0.2) is 19.7 Å². The second-order valence-electron chi connectivity index (χ2n) is 4.14. The van der Waals surface area contributed by atoms with Crippen LogP contribution in [0.15, 0.2) is 36.8 Å². The largest absolute Gasteiger partial charge is 0.308 e. The zero-order valence-corrected chi connectivity index (χ0v) is 10.5. The molecule has 1 aromatic carbocycles. The molecule has 0 spiro atoms. The van der Waals surface area contributed by atoms with E-state index in [-0.39, 0.29) is 0 Å². The Labute approximate surface area is 110 Å². The van der Waals surface area contributed by atoms with Crippen molar-refractivity contribution in [3.05, 3.63) is 42.4 Å². The van der Waals surface area contributed by atoms with Gasteiger partial charge in [0.2, 0.25) is 0 Å². The molecule has 19 heavy (non-hydrogen) atoms. The highest BCUT2D eigenvalue weighted by Gasteiger charge is 2.13. The van der Waals surface area contributed by atoms with Crippen LogP contribution >= 0.6 is 0 Å². The Morgan fingerprint density at radius 2 is 2.11 bits per heavy atom. The van der Waals surface area contributed by atoms with Gasteiger partial charge >= 0.3 is 0 Å². The SMILES string of the molecule is CCc1c(NN)ncnc1-n1ncc2ccccc21. The Balaban J connectivity index is 2.27. The van der Waals surface area contributed by atoms with E-state index >= 15 is 0 Å². The van der Waals surface area contributed by atoms with E-state index in [1.807, 2.05) is 42.1 Å². The van der Waals surface area contributed by atoms with Crippen LogP contribution in [0.1, 0.15) is 12.5 Å². The number of hydrazine groups is 1. The lowest BCUT2D eigenvalue weighted by Gasteiger charge is -2.11. The normalized spacial score (nSPS) is 10.8. The molecule has 3 rings (SSSR count). The molecule has 0 saturated heterocycles. The van der Waals surface area contributed by atoms with Crippen LogP contribution in [0, 0.1) is 0 Å². The van der Waals surface area contributed by atoms with E-state index in [0.717, 1.165) is 28.7 Å². The summed E-state index contributed by atoms with van der Waals surface area (Å²) in [5.74, 6) is 6.88. The molecule has 0 aliphatic carbocycles. The summed E-state index contributed by atoms with van der Waals surface area (Å²) in [5.41, 5.74) is 4.56. The van der Waals surface area contributed by atoms with E-state index < -0.39 is 0 Å². The number of para-hydroxylation sites is 1. The van der Waals surface area contributed by atoms with Gasteiger partial charge in [-0.2, -0.15) is 5.10 Å². The van der Waals surface area contributed by atoms with Gasteiger partial charge in [-0.15, -0.1) is 0 Å². The smallest absolute Gasteiger partial charge is 0.162 e. The average Bonchev–Trinajstić information content (AvgIpc) is 2.90. The monoisotopic (exact) mass is 254 g/mol. The van der Waals surface area contributed by atoms with Crippen molar-refractivity contribution in [1.29, 1.82) is 0 Å². The van der Waals surface area contributed by atoms with E-state index in [2.05, 4.69) is 20.5 Å². The summed E-state index contributed by atoms with van der Waals surface area (Å²) in [7, 11) is 0. The number of rotatable bonds is 3. The maximum atomic E-state index is 5.49. The number of nitrogens with one attached hydrogen (secondary N) is 1. The molecule has 0 aliphatic rings. The predicted octanol–water partition coefficient (Wildman–Crippen LogP) is 1.66. The van der Waals surface area contributed by atoms with Crippen LogP contribution in [-0.2, 0) is 6.42 Å². The molecule has 3 N–H and O–H groups in total. The second-order valence-corrected chi connectivity index (χ2v) is 4.14. The van der Waals surface area contributed by atoms with Gasteiger partial charge in [0, 0.05) is 10.9 Å². The van der Waals surface area contributed by atoms with Gasteiger partial charge in [-0.05, 0) is 12.5 Å². The molecular weight excluding hydrogens is 240 g/mol. The number of aromatic nitrogens is 4. The van der Waals surface area contributed by atoms with Crippen molar-refractivity contribution in [2.24, 2.45) is 5.84 Å². The van der Waals surface area contributed by atoms with E-state index in [4.69, 9.17) is 5.84 Å². The first-order valence-electron chi connectivity index (χ1n) is 6.08. The van der Waals surface area contributed by atoms with Crippen molar-refractivity contribution in [1.82, 2.24) is 19.7 Å². The zero-order chi connectivity index (χ0) is 13.2. The molecule has 96 valence electrons. The molecular formula is C13H14N6. The van der Waals surface area contributed by atoms with Crippen LogP contribution in [0.3, 0.4) is 0 Å². The highest BCUT2D eigenvalue weighted by molar-refractivity contribution is 5.80. The number of benzene rings is 1. The fraction of sp³-hybridized carbons (Fsp3) is 0.154. The third-order valence-corrected chi connectivity index (χ3v) is 3.09. The highest BCUT2D eigenvalue weighted by Crippen LogP contribution is 2.22. The van der Waals surface area contributed by atoms with Crippen LogP contribution < -0.4 is 11.3 Å². The molecule has 0 saturated carbocycles. The summed E-state index contributed by atoms with van der Waals surface area (Å²) < 4.78 is 1.82. The van der Waals surface area contributed by atoms with Crippen LogP contribution in [0.5, 0.6) is 0 Å². The molecule has 0 amide bonds. The van der Waals surface area contributed by atoms with Crippen LogP contribution in [0.25, 0.3) is 16.7 Å². The lowest BCUT2D eigenvalue weighted by atomic mass is 10.2. The van der Waals surface area contributed by atoms with Gasteiger partial charge in [-0.25, -0.2) is 20.5 Å². The van der Waals surface area contributed by atoms with Gasteiger partial charge in [-0.1, -0.05) is 25.1 Å². The Morgan fingerprint density at radius 1 is 1.26 bits per heavy atom. The lowest BCUT2D eigenvalue weighted by molar-refractivity contribution is 0.841. The van der Waals surface area contributed by atoms with Gasteiger partial charge in [-0.3, -0.25) is 0 Å². The number of nitrogen functional groups attached to an aromatic ring is 1. The maximum absolute atomic E-state index is 5.49. The summed E-state index contributed by atoms with van der Waals surface area (Å²) >= 11 is 0. The molecule has 2 aromatic heterocycles. The van der Waals surface area contributed by atoms with Crippen molar-refractivity contribution >= 4 is 16.7 Å². The second kappa shape index (κ2) is 4.66. The topological polar surface area (TPSA) is 81.6 Å². The Bertz CT molecular complexity index is 718. The number of anilines is 1. The zero-order valence-electron chi connectivity index (χ0n) is 10.5. The number of hydrogen-bond acceptors (Lipinski definition) is 5. The molecule has 0 bridgehead atoms. The summed E-state index contributed by atoms with van der Waals surface area (Å²) in [5, 5.41) is 5.48. The molecule has 0 atom stereocenters. The molecule has 0 radical (unpaired) electrons. The summed E-state index contributed by atoms with van der Waals surface area (Å²) in [4.78, 5) is 8.47. The van der Waals surface area contributed by atoms with Crippen LogP contribution in [0.2, 0.25) is 0 Å². The van der Waals surface area contributed by atoms with E-state index in [9.17, 15) is 0 Å². The van der Waals surface area contributed by atoms with E-state index in [1.165, 1.54) is 6.33 Å². The molecule has 2 heterocycles. The Kier molecular flexibility index (Phi) is 2.85. The van der Waals surface area contributed by atoms with Crippen molar-refractivity contribution in [2.75, 3.05) is 5.43 Å². The van der Waals surface area contributed by atoms with Crippen molar-refractivity contribution < 1.29 is 0 Å². The number of hydrogen-bond donors (Lipinski definition) is 2. The molecule has 0 unspecified atom stereocenters. The first-order valence-corrected chi connectivity index (χ1v) is 6.08. The van der Waals surface area contributed by atoms with Crippen molar-refractivity contribution in [3.8, 4) is 5.82 Å². The predicted molar refractivity (Wildman–Crippen MR) is 73.8 cm³/mol. The van der Waals surface area contributed by atoms with E-state index in [1.54, 1.807) is 0 Å². The molecule has 6 nitrogen and oxygen atoms in total. The summed E-state index contributed by atoms with van der Waals surface area (Å²) in [6, 6.07) is 8.00. The first kappa shape index (κ1) is 11.6. The standard InChI is InChI=1S/C13H14N6/c1-2-10-12(18-14)15-8-16-13(10)19-11-6-4-3-5-9(11)7-17-19/h3-8H,2,14H2,1H3,(H,15,16,18). The fourth-order valence-electron chi connectivity index (χ4n) is 2.18. The first-order chi connectivity index (χ1) is 9.35. The van der Waals surface area contributed by atoms with Gasteiger partial charge in [0.15, 0.2) is 5.82 Å². The maximum Gasteiger partial charge on any atom is 0.162 e. The minimum absolute atomic E-state index is 0.632.